The highest BCUT2D eigenvalue weighted by Crippen LogP contribution is 2.18. The predicted octanol–water partition coefficient (Wildman–Crippen LogP) is 2.78. The minimum Gasteiger partial charge on any atom is -0.324 e. The van der Waals surface area contributed by atoms with E-state index in [0.29, 0.717) is 0 Å². The van der Waals surface area contributed by atoms with Gasteiger partial charge in [-0.3, -0.25) is 0 Å². The summed E-state index contributed by atoms with van der Waals surface area (Å²) in [4.78, 5) is 0. The molecule has 0 aliphatic heterocycles. The van der Waals surface area contributed by atoms with Gasteiger partial charge in [-0.15, -0.1) is 0 Å². The van der Waals surface area contributed by atoms with Gasteiger partial charge >= 0.3 is 0 Å². The number of aryl methyl sites for hydroxylation is 1. The number of hydrogen-bond donors (Lipinski definition) is 1. The van der Waals surface area contributed by atoms with Crippen LogP contribution in [0, 0.1) is 6.92 Å². The summed E-state index contributed by atoms with van der Waals surface area (Å²) in [6.45, 7) is 4.05. The second kappa shape index (κ2) is 3.37. The Morgan fingerprint density at radius 1 is 1.36 bits per heavy atom. The van der Waals surface area contributed by atoms with Crippen LogP contribution in [0.1, 0.15) is 24.1 Å². The molecule has 0 heterocycles. The van der Waals surface area contributed by atoms with E-state index in [4.69, 9.17) is 5.73 Å². The predicted molar refractivity (Wildman–Crippen MR) is 51.5 cm³/mol. The second-order valence-electron chi connectivity index (χ2n) is 2.85. The van der Waals surface area contributed by atoms with E-state index in [0.717, 1.165) is 4.47 Å². The second-order valence-corrected chi connectivity index (χ2v) is 3.77. The molecule has 11 heavy (non-hydrogen) atoms. The van der Waals surface area contributed by atoms with Crippen LogP contribution in [-0.2, 0) is 0 Å². The Labute approximate surface area is 75.7 Å². The highest BCUT2D eigenvalue weighted by molar-refractivity contribution is 9.10. The van der Waals surface area contributed by atoms with Gasteiger partial charge in [-0.2, -0.15) is 0 Å². The zero-order chi connectivity index (χ0) is 8.43. The maximum Gasteiger partial charge on any atom is 0.0266 e. The van der Waals surface area contributed by atoms with Crippen LogP contribution in [0.15, 0.2) is 22.7 Å². The van der Waals surface area contributed by atoms with E-state index >= 15 is 0 Å². The van der Waals surface area contributed by atoms with Crippen molar-refractivity contribution in [3.63, 3.8) is 0 Å². The third-order valence-corrected chi connectivity index (χ3v) is 2.05. The molecule has 1 rings (SSSR count). The summed E-state index contributed by atoms with van der Waals surface area (Å²) in [5.41, 5.74) is 8.15. The molecule has 2 N–H and O–H groups in total. The van der Waals surface area contributed by atoms with Crippen molar-refractivity contribution >= 4 is 15.9 Å². The summed E-state index contributed by atoms with van der Waals surface area (Å²) in [6.07, 6.45) is 0. The van der Waals surface area contributed by atoms with E-state index in [1.165, 1.54) is 11.1 Å². The van der Waals surface area contributed by atoms with Crippen LogP contribution in [-0.4, -0.2) is 0 Å². The molecule has 1 atom stereocenters. The van der Waals surface area contributed by atoms with Crippen molar-refractivity contribution in [1.82, 2.24) is 0 Å². The molecule has 0 amide bonds. The van der Waals surface area contributed by atoms with Crippen LogP contribution >= 0.6 is 15.9 Å². The van der Waals surface area contributed by atoms with Crippen LogP contribution in [0.3, 0.4) is 0 Å². The molecule has 0 spiro atoms. The standard InChI is InChI=1S/C9H12BrN/c1-6-3-8(7(2)11)5-9(10)4-6/h3-5,7H,11H2,1-2H3/t7-/m1/s1. The fourth-order valence-electron chi connectivity index (χ4n) is 1.03. The van der Waals surface area contributed by atoms with Crippen molar-refractivity contribution in [3.05, 3.63) is 33.8 Å². The first-order valence-corrected chi connectivity index (χ1v) is 4.41. The van der Waals surface area contributed by atoms with E-state index in [1.807, 2.05) is 6.92 Å². The maximum atomic E-state index is 5.73. The smallest absolute Gasteiger partial charge is 0.0266 e. The van der Waals surface area contributed by atoms with Crippen LogP contribution < -0.4 is 5.73 Å². The van der Waals surface area contributed by atoms with Crippen LogP contribution in [0.5, 0.6) is 0 Å². The molecule has 0 radical (unpaired) electrons. The molecule has 60 valence electrons. The quantitative estimate of drug-likeness (QED) is 0.764. The van der Waals surface area contributed by atoms with Gasteiger partial charge in [-0.25, -0.2) is 0 Å². The number of rotatable bonds is 1. The zero-order valence-corrected chi connectivity index (χ0v) is 8.35. The monoisotopic (exact) mass is 213 g/mol. The first-order valence-electron chi connectivity index (χ1n) is 3.62. The number of hydrogen-bond acceptors (Lipinski definition) is 1. The number of halogens is 1. The van der Waals surface area contributed by atoms with Gasteiger partial charge < -0.3 is 5.73 Å². The lowest BCUT2D eigenvalue weighted by Gasteiger charge is -2.06. The maximum absolute atomic E-state index is 5.73. The van der Waals surface area contributed by atoms with Crippen molar-refractivity contribution in [2.75, 3.05) is 0 Å². The molecule has 0 fully saturated rings. The van der Waals surface area contributed by atoms with Crippen molar-refractivity contribution < 1.29 is 0 Å². The lowest BCUT2D eigenvalue weighted by Crippen LogP contribution is -2.04. The fraction of sp³-hybridized carbons (Fsp3) is 0.333. The van der Waals surface area contributed by atoms with Gasteiger partial charge in [-0.1, -0.05) is 22.0 Å². The van der Waals surface area contributed by atoms with E-state index in [9.17, 15) is 0 Å². The van der Waals surface area contributed by atoms with Crippen molar-refractivity contribution in [1.29, 1.82) is 0 Å². The summed E-state index contributed by atoms with van der Waals surface area (Å²) in [7, 11) is 0. The molecule has 1 nitrogen and oxygen atoms in total. The summed E-state index contributed by atoms with van der Waals surface area (Å²) < 4.78 is 1.10. The SMILES string of the molecule is Cc1cc(Br)cc([C@@H](C)N)c1. The van der Waals surface area contributed by atoms with Gasteiger partial charge in [0.2, 0.25) is 0 Å². The molecule has 1 aromatic rings. The summed E-state index contributed by atoms with van der Waals surface area (Å²) in [6, 6.07) is 6.35. The number of nitrogens with two attached hydrogens (primary N) is 1. The summed E-state index contributed by atoms with van der Waals surface area (Å²) >= 11 is 3.43. The Balaban J connectivity index is 3.08. The van der Waals surface area contributed by atoms with E-state index in [1.54, 1.807) is 0 Å². The van der Waals surface area contributed by atoms with Crippen LogP contribution in [0.2, 0.25) is 0 Å². The third kappa shape index (κ3) is 2.31. The molecule has 0 aromatic heterocycles. The fourth-order valence-corrected chi connectivity index (χ4v) is 1.65. The summed E-state index contributed by atoms with van der Waals surface area (Å²) in [5.74, 6) is 0. The van der Waals surface area contributed by atoms with Crippen molar-refractivity contribution in [3.8, 4) is 0 Å². The topological polar surface area (TPSA) is 26.0 Å². The first kappa shape index (κ1) is 8.75. The first-order chi connectivity index (χ1) is 5.09. The molecular formula is C9H12BrN. The molecule has 0 aliphatic rings. The van der Waals surface area contributed by atoms with Gasteiger partial charge in [0, 0.05) is 10.5 Å². The summed E-state index contributed by atoms with van der Waals surface area (Å²) in [5, 5.41) is 0. The highest BCUT2D eigenvalue weighted by atomic mass is 79.9. The van der Waals surface area contributed by atoms with Crippen LogP contribution in [0.25, 0.3) is 0 Å². The van der Waals surface area contributed by atoms with Crippen molar-refractivity contribution in [2.45, 2.75) is 19.9 Å². The molecule has 0 saturated heterocycles. The average Bonchev–Trinajstić information content (AvgIpc) is 1.85. The van der Waals surface area contributed by atoms with E-state index in [2.05, 4.69) is 41.1 Å². The van der Waals surface area contributed by atoms with Gasteiger partial charge in [0.15, 0.2) is 0 Å². The molecular weight excluding hydrogens is 202 g/mol. The molecule has 0 bridgehead atoms. The lowest BCUT2D eigenvalue weighted by molar-refractivity contribution is 0.816. The van der Waals surface area contributed by atoms with Gasteiger partial charge in [0.05, 0.1) is 0 Å². The normalized spacial score (nSPS) is 13.1. The van der Waals surface area contributed by atoms with Crippen molar-refractivity contribution in [2.24, 2.45) is 5.73 Å². The Morgan fingerprint density at radius 3 is 2.45 bits per heavy atom. The Bertz CT molecular complexity index is 235. The molecule has 0 aliphatic carbocycles. The lowest BCUT2D eigenvalue weighted by atomic mass is 10.1. The van der Waals surface area contributed by atoms with Crippen LogP contribution in [0.4, 0.5) is 0 Å². The minimum absolute atomic E-state index is 0.117. The average molecular weight is 214 g/mol. The molecule has 0 unspecified atom stereocenters. The Kier molecular flexibility index (Phi) is 2.68. The van der Waals surface area contributed by atoms with Gasteiger partial charge in [0.25, 0.3) is 0 Å². The zero-order valence-electron chi connectivity index (χ0n) is 6.76. The van der Waals surface area contributed by atoms with E-state index < -0.39 is 0 Å². The van der Waals surface area contributed by atoms with E-state index in [-0.39, 0.29) is 6.04 Å². The largest absolute Gasteiger partial charge is 0.324 e. The Hall–Kier alpha value is -0.340. The third-order valence-electron chi connectivity index (χ3n) is 1.59. The Morgan fingerprint density at radius 2 is 2.00 bits per heavy atom. The molecule has 1 aromatic carbocycles. The number of benzene rings is 1. The minimum atomic E-state index is 0.117. The molecule has 2 heteroatoms. The van der Waals surface area contributed by atoms with Gasteiger partial charge in [-0.05, 0) is 37.1 Å². The highest BCUT2D eigenvalue weighted by Gasteiger charge is 2.00. The molecule has 0 saturated carbocycles. The van der Waals surface area contributed by atoms with Gasteiger partial charge in [0.1, 0.15) is 0 Å².